The molecule has 0 saturated carbocycles. The first kappa shape index (κ1) is 12.0. The van der Waals surface area contributed by atoms with E-state index in [0.717, 1.165) is 17.8 Å². The van der Waals surface area contributed by atoms with Crippen LogP contribution in [0.2, 0.25) is 0 Å². The van der Waals surface area contributed by atoms with Gasteiger partial charge in [0.25, 0.3) is 0 Å². The first-order valence-electron chi connectivity index (χ1n) is 6.30. The van der Waals surface area contributed by atoms with Gasteiger partial charge in [0, 0.05) is 13.1 Å². The highest BCUT2D eigenvalue weighted by Crippen LogP contribution is 2.23. The van der Waals surface area contributed by atoms with Crippen molar-refractivity contribution in [2.45, 2.75) is 47.0 Å². The van der Waals surface area contributed by atoms with Crippen molar-refractivity contribution in [1.29, 1.82) is 0 Å². The van der Waals surface area contributed by atoms with Crippen molar-refractivity contribution in [2.75, 3.05) is 19.6 Å². The van der Waals surface area contributed by atoms with Gasteiger partial charge in [0.1, 0.15) is 0 Å². The fourth-order valence-electron chi connectivity index (χ4n) is 2.40. The Bertz CT molecular complexity index is 151. The van der Waals surface area contributed by atoms with Gasteiger partial charge in [0.05, 0.1) is 0 Å². The van der Waals surface area contributed by atoms with E-state index in [1.54, 1.807) is 0 Å². The summed E-state index contributed by atoms with van der Waals surface area (Å²) in [7, 11) is 0. The zero-order chi connectivity index (χ0) is 10.6. The van der Waals surface area contributed by atoms with E-state index in [1.807, 2.05) is 0 Å². The highest BCUT2D eigenvalue weighted by molar-refractivity contribution is 4.76. The van der Waals surface area contributed by atoms with Gasteiger partial charge in [0.2, 0.25) is 0 Å². The van der Waals surface area contributed by atoms with E-state index in [2.05, 4.69) is 32.6 Å². The maximum absolute atomic E-state index is 2.65. The lowest BCUT2D eigenvalue weighted by atomic mass is 9.97. The molecule has 84 valence electrons. The molecule has 1 aliphatic rings. The summed E-state index contributed by atoms with van der Waals surface area (Å²) < 4.78 is 0. The SMILES string of the molecule is CC(C)CCC1CCN(CC(C)C)C1. The Morgan fingerprint density at radius 3 is 2.43 bits per heavy atom. The normalized spacial score (nSPS) is 24.0. The molecule has 0 N–H and O–H groups in total. The molecule has 0 spiro atoms. The third kappa shape index (κ3) is 4.45. The van der Waals surface area contributed by atoms with Crippen LogP contribution in [0, 0.1) is 17.8 Å². The molecule has 1 heterocycles. The standard InChI is InChI=1S/C13H27N/c1-11(2)5-6-13-7-8-14(10-13)9-12(3)4/h11-13H,5-10H2,1-4H3. The molecule has 0 bridgehead atoms. The van der Waals surface area contributed by atoms with Crippen LogP contribution in [0.15, 0.2) is 0 Å². The van der Waals surface area contributed by atoms with Gasteiger partial charge < -0.3 is 4.90 Å². The Hall–Kier alpha value is -0.0400. The van der Waals surface area contributed by atoms with E-state index in [4.69, 9.17) is 0 Å². The number of hydrogen-bond acceptors (Lipinski definition) is 1. The molecule has 1 nitrogen and oxygen atoms in total. The van der Waals surface area contributed by atoms with Gasteiger partial charge in [-0.3, -0.25) is 0 Å². The van der Waals surface area contributed by atoms with Crippen molar-refractivity contribution in [3.8, 4) is 0 Å². The molecule has 0 aromatic rings. The van der Waals surface area contributed by atoms with Crippen LogP contribution in [0.4, 0.5) is 0 Å². The molecule has 0 radical (unpaired) electrons. The lowest BCUT2D eigenvalue weighted by molar-refractivity contribution is 0.282. The van der Waals surface area contributed by atoms with Crippen molar-refractivity contribution in [3.63, 3.8) is 0 Å². The average Bonchev–Trinajstić information content (AvgIpc) is 2.47. The van der Waals surface area contributed by atoms with Crippen molar-refractivity contribution >= 4 is 0 Å². The summed E-state index contributed by atoms with van der Waals surface area (Å²) in [6.07, 6.45) is 4.31. The largest absolute Gasteiger partial charge is 0.303 e. The number of hydrogen-bond donors (Lipinski definition) is 0. The van der Waals surface area contributed by atoms with Crippen LogP contribution in [-0.4, -0.2) is 24.5 Å². The van der Waals surface area contributed by atoms with Gasteiger partial charge in [-0.2, -0.15) is 0 Å². The van der Waals surface area contributed by atoms with Crippen LogP contribution in [-0.2, 0) is 0 Å². The predicted octanol–water partition coefficient (Wildman–Crippen LogP) is 3.40. The van der Waals surface area contributed by atoms with Gasteiger partial charge >= 0.3 is 0 Å². The zero-order valence-electron chi connectivity index (χ0n) is 10.4. The van der Waals surface area contributed by atoms with Gasteiger partial charge in [-0.05, 0) is 37.1 Å². The van der Waals surface area contributed by atoms with Crippen molar-refractivity contribution in [1.82, 2.24) is 4.90 Å². The summed E-state index contributed by atoms with van der Waals surface area (Å²) in [5.74, 6) is 2.71. The summed E-state index contributed by atoms with van der Waals surface area (Å²) in [4.78, 5) is 2.65. The minimum atomic E-state index is 0.832. The van der Waals surface area contributed by atoms with E-state index in [9.17, 15) is 0 Å². The van der Waals surface area contributed by atoms with Gasteiger partial charge in [-0.25, -0.2) is 0 Å². The second-order valence-electron chi connectivity index (χ2n) is 5.78. The Morgan fingerprint density at radius 1 is 1.14 bits per heavy atom. The molecule has 0 aliphatic carbocycles. The highest BCUT2D eigenvalue weighted by Gasteiger charge is 2.22. The topological polar surface area (TPSA) is 3.24 Å². The zero-order valence-corrected chi connectivity index (χ0v) is 10.4. The monoisotopic (exact) mass is 197 g/mol. The minimum absolute atomic E-state index is 0.832. The molecule has 14 heavy (non-hydrogen) atoms. The minimum Gasteiger partial charge on any atom is -0.303 e. The van der Waals surface area contributed by atoms with Gasteiger partial charge in [-0.15, -0.1) is 0 Å². The molecular weight excluding hydrogens is 170 g/mol. The molecule has 1 unspecified atom stereocenters. The van der Waals surface area contributed by atoms with E-state index in [-0.39, 0.29) is 0 Å². The third-order valence-electron chi connectivity index (χ3n) is 3.15. The summed E-state index contributed by atoms with van der Waals surface area (Å²) >= 11 is 0. The van der Waals surface area contributed by atoms with Crippen LogP contribution in [0.5, 0.6) is 0 Å². The molecular formula is C13H27N. The molecule has 1 atom stereocenters. The summed E-state index contributed by atoms with van der Waals surface area (Å²) in [6.45, 7) is 13.3. The van der Waals surface area contributed by atoms with E-state index >= 15 is 0 Å². The van der Waals surface area contributed by atoms with Crippen molar-refractivity contribution in [2.24, 2.45) is 17.8 Å². The quantitative estimate of drug-likeness (QED) is 0.653. The number of likely N-dealkylation sites (tertiary alicyclic amines) is 1. The second-order valence-corrected chi connectivity index (χ2v) is 5.78. The summed E-state index contributed by atoms with van der Waals surface area (Å²) in [6, 6.07) is 0. The fourth-order valence-corrected chi connectivity index (χ4v) is 2.40. The Morgan fingerprint density at radius 2 is 1.86 bits per heavy atom. The molecule has 1 rings (SSSR count). The molecule has 0 amide bonds. The molecule has 0 aromatic heterocycles. The maximum atomic E-state index is 2.65. The highest BCUT2D eigenvalue weighted by atomic mass is 15.1. The lowest BCUT2D eigenvalue weighted by Gasteiger charge is -2.18. The smallest absolute Gasteiger partial charge is 0.00102 e. The number of nitrogens with zero attached hydrogens (tertiary/aromatic N) is 1. The van der Waals surface area contributed by atoms with Crippen LogP contribution >= 0.6 is 0 Å². The first-order chi connectivity index (χ1) is 6.58. The van der Waals surface area contributed by atoms with Gasteiger partial charge in [-0.1, -0.05) is 34.1 Å². The predicted molar refractivity (Wildman–Crippen MR) is 63.5 cm³/mol. The van der Waals surface area contributed by atoms with Crippen molar-refractivity contribution < 1.29 is 0 Å². The fraction of sp³-hybridized carbons (Fsp3) is 1.00. The molecule has 1 heteroatoms. The van der Waals surface area contributed by atoms with E-state index < -0.39 is 0 Å². The summed E-state index contributed by atoms with van der Waals surface area (Å²) in [5, 5.41) is 0. The Balaban J connectivity index is 2.14. The van der Waals surface area contributed by atoms with Crippen molar-refractivity contribution in [3.05, 3.63) is 0 Å². The van der Waals surface area contributed by atoms with Crippen LogP contribution in [0.25, 0.3) is 0 Å². The first-order valence-corrected chi connectivity index (χ1v) is 6.30. The number of rotatable bonds is 5. The molecule has 1 fully saturated rings. The van der Waals surface area contributed by atoms with E-state index in [0.29, 0.717) is 0 Å². The lowest BCUT2D eigenvalue weighted by Crippen LogP contribution is -2.25. The summed E-state index contributed by atoms with van der Waals surface area (Å²) in [5.41, 5.74) is 0. The van der Waals surface area contributed by atoms with Crippen LogP contribution < -0.4 is 0 Å². The Kier molecular flexibility index (Phi) is 4.94. The van der Waals surface area contributed by atoms with Crippen LogP contribution in [0.1, 0.15) is 47.0 Å². The van der Waals surface area contributed by atoms with Gasteiger partial charge in [0.15, 0.2) is 0 Å². The third-order valence-corrected chi connectivity index (χ3v) is 3.15. The average molecular weight is 197 g/mol. The maximum Gasteiger partial charge on any atom is 0.00102 e. The van der Waals surface area contributed by atoms with E-state index in [1.165, 1.54) is 38.9 Å². The van der Waals surface area contributed by atoms with Crippen LogP contribution in [0.3, 0.4) is 0 Å². The Labute approximate surface area is 89.9 Å². The second kappa shape index (κ2) is 5.75. The molecule has 0 aromatic carbocycles. The molecule has 1 aliphatic heterocycles. The molecule has 1 saturated heterocycles.